The third-order valence-electron chi connectivity index (χ3n) is 11.5. The van der Waals surface area contributed by atoms with E-state index in [1.165, 1.54) is 44.2 Å². The maximum absolute atomic E-state index is 14.3. The van der Waals surface area contributed by atoms with Crippen LogP contribution in [0.5, 0.6) is 0 Å². The normalized spacial score (nSPS) is 28.1. The molecule has 6 N–H and O–H groups in total. The minimum Gasteiger partial charge on any atom is -0.396 e. The number of nitrogens with zero attached hydrogens (tertiary/aromatic N) is 5. The monoisotopic (exact) mass is 1250 g/mol. The van der Waals surface area contributed by atoms with Crippen LogP contribution in [0.4, 0.5) is 5.95 Å². The molecule has 7 unspecified atom stereocenters. The molecule has 76 heavy (non-hydrogen) atoms. The molecule has 3 aliphatic rings. The Morgan fingerprint density at radius 3 is 1.91 bits per heavy atom. The minimum absolute atomic E-state index is 0.0397. The number of ether oxygens (including phenoxy) is 4. The second kappa shape index (κ2) is 25.3. The smallest absolute Gasteiger partial charge is 0.386 e. The topological polar surface area (TPSA) is 382 Å². The number of thiol groups is 4. The van der Waals surface area contributed by atoms with E-state index in [9.17, 15) is 42.8 Å². The van der Waals surface area contributed by atoms with E-state index in [-0.39, 0.29) is 60.7 Å². The summed E-state index contributed by atoms with van der Waals surface area (Å²) < 4.78 is 115. The Kier molecular flexibility index (Phi) is 20.4. The Hall–Kier alpha value is -2.27. The average Bonchev–Trinajstić information content (AvgIpc) is 4.11. The first-order valence-electron chi connectivity index (χ1n) is 22.7. The molecule has 3 aliphatic heterocycles. The van der Waals surface area contributed by atoms with E-state index in [1.807, 2.05) is 0 Å². The lowest BCUT2D eigenvalue weighted by Gasteiger charge is -2.28. The molecule has 0 aromatic carbocycles. The highest BCUT2D eigenvalue weighted by molar-refractivity contribution is 8.60. The van der Waals surface area contributed by atoms with Crippen molar-refractivity contribution in [1.82, 2.24) is 38.6 Å². The van der Waals surface area contributed by atoms with Crippen molar-refractivity contribution in [2.75, 3.05) is 45.9 Å². The summed E-state index contributed by atoms with van der Waals surface area (Å²) in [5.74, 6) is -0.212. The molecule has 0 bridgehead atoms. The molecule has 14 atom stereocenters. The highest BCUT2D eigenvalue weighted by Crippen LogP contribution is 2.61. The molecule has 0 amide bonds. The van der Waals surface area contributed by atoms with Crippen LogP contribution in [0.15, 0.2) is 42.7 Å². The van der Waals surface area contributed by atoms with Crippen molar-refractivity contribution < 1.29 is 73.9 Å². The van der Waals surface area contributed by atoms with Crippen LogP contribution < -0.4 is 33.8 Å². The number of aromatic amines is 3. The number of fused-ring (bicyclic) bond motifs is 1. The number of hydrogen-bond acceptors (Lipinski definition) is 25. The molecular formula is C37H55N9O21P4S5. The Balaban J connectivity index is 1.11. The Morgan fingerprint density at radius 2 is 1.30 bits per heavy atom. The lowest BCUT2D eigenvalue weighted by molar-refractivity contribution is -0.0614. The predicted molar refractivity (Wildman–Crippen MR) is 286 cm³/mol. The van der Waals surface area contributed by atoms with E-state index >= 15 is 0 Å². The van der Waals surface area contributed by atoms with Gasteiger partial charge in [-0.3, -0.25) is 65.7 Å². The number of imidazole rings is 1. The number of rotatable bonds is 25. The van der Waals surface area contributed by atoms with E-state index in [0.717, 1.165) is 9.13 Å². The van der Waals surface area contributed by atoms with E-state index in [0.29, 0.717) is 0 Å². The van der Waals surface area contributed by atoms with Crippen molar-refractivity contribution >= 4 is 104 Å². The first kappa shape index (κ1) is 61.4. The second-order valence-electron chi connectivity index (χ2n) is 17.4. The summed E-state index contributed by atoms with van der Waals surface area (Å²) >= 11 is 22.7. The van der Waals surface area contributed by atoms with Crippen LogP contribution in [0, 0.1) is 13.8 Å². The molecule has 0 aliphatic carbocycles. The van der Waals surface area contributed by atoms with Crippen molar-refractivity contribution in [3.8, 4) is 0 Å². The van der Waals surface area contributed by atoms with Crippen LogP contribution >= 0.6 is 75.1 Å². The van der Waals surface area contributed by atoms with Crippen molar-refractivity contribution in [3.63, 3.8) is 0 Å². The van der Waals surface area contributed by atoms with Gasteiger partial charge in [0, 0.05) is 50.1 Å². The molecule has 39 heteroatoms. The van der Waals surface area contributed by atoms with Crippen LogP contribution in [-0.4, -0.2) is 133 Å². The largest absolute Gasteiger partial charge is 0.396 e. The number of aliphatic hydroxyl groups is 1. The lowest BCUT2D eigenvalue weighted by atomic mass is 10.1. The van der Waals surface area contributed by atoms with Crippen molar-refractivity contribution in [3.05, 3.63) is 81.9 Å². The number of anilines is 1. The van der Waals surface area contributed by atoms with Gasteiger partial charge in [-0.25, -0.2) is 28.3 Å². The van der Waals surface area contributed by atoms with Crippen molar-refractivity contribution in [2.45, 2.75) is 114 Å². The molecule has 7 rings (SSSR count). The number of nitrogens with one attached hydrogen (secondary N) is 3. The highest BCUT2D eigenvalue weighted by atomic mass is 32.9. The van der Waals surface area contributed by atoms with Gasteiger partial charge in [0.1, 0.15) is 49.1 Å². The fraction of sp³-hybridized carbons (Fsp3) is 0.649. The first-order chi connectivity index (χ1) is 35.6. The SMILES string of the molecule is CO[C@H]1C(OP(=O)(S)OCCCO)[C@@H](COP(=S)(S)OC2C[C@H](n3cc(C)c(=O)[nH]c3=O)O[C@@H]2COP(=O)(S)OC2C[C@H](n3cnc4c(=O)[nH]c(N)nc43)O[C@@H]2COP(=O)(S)OC(C)C)O[C@H]1n1cc(C)c(=O)[nH]c1=O. The summed E-state index contributed by atoms with van der Waals surface area (Å²) in [6, 6.07) is 0. The summed E-state index contributed by atoms with van der Waals surface area (Å²) in [7, 11) is 1.26. The van der Waals surface area contributed by atoms with Gasteiger partial charge in [-0.15, -0.1) is 0 Å². The van der Waals surface area contributed by atoms with E-state index in [4.69, 9.17) is 72.7 Å². The van der Waals surface area contributed by atoms with Gasteiger partial charge in [-0.1, -0.05) is 49.0 Å². The molecule has 0 spiro atoms. The standard InChI is InChI=1S/C37H55N9O21P4S5/c1-17(2)64-69(54,73)58-13-22-20(9-26(62-22)46-16-39-27-30(46)40-35(38)41-33(27)50)65-70(55,74)59-14-23-21(10-25(61-23)44-11-18(3)31(48)42-36(44)51)66-71(75,76)60-15-24-28(67-68(53,72)57-8-6-7-47)29(56-5)34(63-24)45-12-19(4)32(49)43-37(45)52/h11-12,16-17,20-26,28-29,34,47H,6-10,13-15H2,1-5H3,(H,53,72)(H,54,73)(H,55,74)(H,75,76)(H,42,48,51)(H,43,49,52)(H3,38,40,41,50)/t20?,21?,22-,23-,24-,25-,26-,28?,29+,34-,68?,69?,70?/m1/s1. The lowest BCUT2D eigenvalue weighted by Crippen LogP contribution is -2.40. The van der Waals surface area contributed by atoms with Gasteiger partial charge < -0.3 is 43.4 Å². The zero-order chi connectivity index (χ0) is 55.7. The molecule has 7 heterocycles. The quantitative estimate of drug-likeness (QED) is 0.0261. The van der Waals surface area contributed by atoms with Crippen LogP contribution in [0.25, 0.3) is 11.2 Å². The first-order valence-corrected chi connectivity index (χ1v) is 34.6. The van der Waals surface area contributed by atoms with Gasteiger partial charge in [0.05, 0.1) is 45.0 Å². The predicted octanol–water partition coefficient (Wildman–Crippen LogP) is 3.20. The molecule has 4 aromatic rings. The number of aromatic nitrogens is 8. The van der Waals surface area contributed by atoms with Gasteiger partial charge in [0.25, 0.3) is 16.7 Å². The van der Waals surface area contributed by atoms with E-state index in [2.05, 4.69) is 73.9 Å². The highest BCUT2D eigenvalue weighted by Gasteiger charge is 2.51. The van der Waals surface area contributed by atoms with Gasteiger partial charge in [0.2, 0.25) is 11.6 Å². The molecule has 424 valence electrons. The Labute approximate surface area is 456 Å². The third kappa shape index (κ3) is 15.4. The maximum Gasteiger partial charge on any atom is 0.386 e. The molecular weight excluding hydrogens is 1190 g/mol. The fourth-order valence-electron chi connectivity index (χ4n) is 8.07. The third-order valence-corrected chi connectivity index (χ3v) is 18.8. The zero-order valence-electron chi connectivity index (χ0n) is 40.7. The second-order valence-corrected chi connectivity index (χ2v) is 31.3. The minimum atomic E-state index is -4.52. The van der Waals surface area contributed by atoms with Gasteiger partial charge in [-0.05, 0) is 45.9 Å². The van der Waals surface area contributed by atoms with Gasteiger partial charge in [-0.2, -0.15) is 4.98 Å². The number of nitrogen functional groups attached to an aromatic ring is 1. The summed E-state index contributed by atoms with van der Waals surface area (Å²) in [5, 5.41) is 9.25. The van der Waals surface area contributed by atoms with Crippen molar-refractivity contribution in [1.29, 1.82) is 0 Å². The van der Waals surface area contributed by atoms with E-state index < -0.39 is 141 Å². The van der Waals surface area contributed by atoms with Crippen LogP contribution in [0.1, 0.15) is 62.9 Å². The van der Waals surface area contributed by atoms with Crippen LogP contribution in [0.2, 0.25) is 0 Å². The van der Waals surface area contributed by atoms with Gasteiger partial charge in [0.15, 0.2) is 17.4 Å². The number of hydrogen-bond donors (Lipinski definition) is 9. The summed E-state index contributed by atoms with van der Waals surface area (Å²) in [5.41, 5.74) is -1.43. The molecule has 3 saturated heterocycles. The maximum atomic E-state index is 14.3. The summed E-state index contributed by atoms with van der Waals surface area (Å²) in [6.45, 7) is -8.78. The van der Waals surface area contributed by atoms with Crippen LogP contribution in [-0.2, 0) is 80.6 Å². The number of methoxy groups -OCH3 is 1. The number of H-pyrrole nitrogens is 3. The molecule has 0 saturated carbocycles. The average molecular weight is 1250 g/mol. The van der Waals surface area contributed by atoms with Crippen molar-refractivity contribution in [2.24, 2.45) is 0 Å². The Bertz CT molecular complexity index is 3250. The molecule has 4 aromatic heterocycles. The van der Waals surface area contributed by atoms with Gasteiger partial charge >= 0.3 is 31.8 Å². The molecule has 0 radical (unpaired) electrons. The van der Waals surface area contributed by atoms with Crippen LogP contribution in [0.3, 0.4) is 0 Å². The summed E-state index contributed by atoms with van der Waals surface area (Å²) in [6.07, 6.45) is -9.29. The molecule has 30 nitrogen and oxygen atoms in total. The molecule has 3 fully saturated rings. The number of aryl methyl sites for hydroxylation is 2. The fourth-order valence-corrected chi connectivity index (χ4v) is 14.9. The number of nitrogens with two attached hydrogens (primary N) is 1. The Morgan fingerprint density at radius 1 is 0.750 bits per heavy atom. The van der Waals surface area contributed by atoms with E-state index in [1.54, 1.807) is 13.8 Å². The number of aliphatic hydroxyl groups excluding tert-OH is 1. The summed E-state index contributed by atoms with van der Waals surface area (Å²) in [4.78, 5) is 78.4. The zero-order valence-corrected chi connectivity index (χ0v) is 48.6.